The smallest absolute Gasteiger partial charge is 0.132 e. The standard InChI is InChI=1S/C28H46O3/c1-18(8-7-14-27(4,5)31)25-11-12-26-24-10-9-21(17-22(30)16-19(2)29)20(3)23(24)13-15-28(25,26)6/h9-10,18,22-26,30-31H,7-8,11-17H2,1-6H3/t18-,22+,23-,24+,25-,26+,28-/m1/s1. The fraction of sp³-hybridized carbons (Fsp3) is 0.821. The van der Waals surface area contributed by atoms with E-state index in [1.165, 1.54) is 43.3 Å². The van der Waals surface area contributed by atoms with E-state index in [1.54, 1.807) is 6.92 Å². The highest BCUT2D eigenvalue weighted by molar-refractivity contribution is 5.76. The summed E-state index contributed by atoms with van der Waals surface area (Å²) in [6.07, 6.45) is 13.5. The van der Waals surface area contributed by atoms with Gasteiger partial charge in [-0.1, -0.05) is 44.4 Å². The molecule has 0 saturated heterocycles. The fourth-order valence-corrected chi connectivity index (χ4v) is 7.49. The summed E-state index contributed by atoms with van der Waals surface area (Å²) in [6, 6.07) is 0. The van der Waals surface area contributed by atoms with Crippen molar-refractivity contribution in [2.75, 3.05) is 0 Å². The predicted octanol–water partition coefficient (Wildman–Crippen LogP) is 6.24. The van der Waals surface area contributed by atoms with E-state index < -0.39 is 11.7 Å². The summed E-state index contributed by atoms with van der Waals surface area (Å²) >= 11 is 0. The van der Waals surface area contributed by atoms with E-state index in [1.807, 2.05) is 13.8 Å². The Bertz CT molecular complexity index is 712. The Morgan fingerprint density at radius 2 is 2.00 bits per heavy atom. The molecule has 31 heavy (non-hydrogen) atoms. The van der Waals surface area contributed by atoms with Crippen molar-refractivity contribution in [1.82, 2.24) is 0 Å². The zero-order chi connectivity index (χ0) is 23.0. The lowest BCUT2D eigenvalue weighted by atomic mass is 9.54. The minimum atomic E-state index is -0.557. The van der Waals surface area contributed by atoms with E-state index in [9.17, 15) is 15.0 Å². The van der Waals surface area contributed by atoms with Crippen molar-refractivity contribution in [1.29, 1.82) is 0 Å². The largest absolute Gasteiger partial charge is 0.392 e. The predicted molar refractivity (Wildman–Crippen MR) is 128 cm³/mol. The van der Waals surface area contributed by atoms with Gasteiger partial charge < -0.3 is 10.2 Å². The molecule has 0 aliphatic heterocycles. The van der Waals surface area contributed by atoms with Crippen LogP contribution in [0.25, 0.3) is 0 Å². The van der Waals surface area contributed by atoms with Gasteiger partial charge in [-0.15, -0.1) is 0 Å². The van der Waals surface area contributed by atoms with Crippen LogP contribution in [0.4, 0.5) is 0 Å². The first-order valence-corrected chi connectivity index (χ1v) is 12.7. The van der Waals surface area contributed by atoms with E-state index in [0.717, 1.165) is 30.6 Å². The molecule has 0 aromatic carbocycles. The first kappa shape index (κ1) is 24.7. The van der Waals surface area contributed by atoms with Gasteiger partial charge in [0.25, 0.3) is 0 Å². The van der Waals surface area contributed by atoms with Gasteiger partial charge in [0.05, 0.1) is 11.7 Å². The Morgan fingerprint density at radius 1 is 1.29 bits per heavy atom. The van der Waals surface area contributed by atoms with E-state index in [4.69, 9.17) is 0 Å². The molecule has 7 atom stereocenters. The molecular formula is C28H46O3. The zero-order valence-corrected chi connectivity index (χ0v) is 20.8. The lowest BCUT2D eigenvalue weighted by Gasteiger charge is -2.51. The number of ketones is 1. The molecule has 0 radical (unpaired) electrons. The van der Waals surface area contributed by atoms with Crippen LogP contribution in [0.3, 0.4) is 0 Å². The van der Waals surface area contributed by atoms with E-state index in [2.05, 4.69) is 32.9 Å². The number of carbonyl (C=O) groups excluding carboxylic acids is 1. The number of carbonyl (C=O) groups is 1. The summed E-state index contributed by atoms with van der Waals surface area (Å²) in [6.45, 7) is 12.7. The SMILES string of the molecule is CC(=O)C[C@H](O)CC1=C(C)[C@H]2CC[C@]3(C)[C@@H]([C@H](C)CCCC(C)(C)O)CC[C@H]3[C@H]2C=C1. The summed E-state index contributed by atoms with van der Waals surface area (Å²) in [7, 11) is 0. The van der Waals surface area contributed by atoms with Gasteiger partial charge in [-0.3, -0.25) is 4.79 Å². The number of hydrogen-bond acceptors (Lipinski definition) is 3. The van der Waals surface area contributed by atoms with Crippen molar-refractivity contribution in [3.8, 4) is 0 Å². The first-order valence-electron chi connectivity index (χ1n) is 12.7. The van der Waals surface area contributed by atoms with Crippen molar-refractivity contribution in [3.05, 3.63) is 23.3 Å². The highest BCUT2D eigenvalue weighted by atomic mass is 16.3. The van der Waals surface area contributed by atoms with Crippen LogP contribution in [0.2, 0.25) is 0 Å². The number of Topliss-reactive ketones (excluding diaryl/α,β-unsaturated/α-hetero) is 1. The number of fused-ring (bicyclic) bond motifs is 3. The van der Waals surface area contributed by atoms with Crippen LogP contribution < -0.4 is 0 Å². The highest BCUT2D eigenvalue weighted by Gasteiger charge is 2.54. The lowest BCUT2D eigenvalue weighted by molar-refractivity contribution is -0.118. The Morgan fingerprint density at radius 3 is 2.65 bits per heavy atom. The summed E-state index contributed by atoms with van der Waals surface area (Å²) in [5.41, 5.74) is 2.59. The molecule has 2 N–H and O–H groups in total. The van der Waals surface area contributed by atoms with E-state index >= 15 is 0 Å². The van der Waals surface area contributed by atoms with Gasteiger partial charge in [0.1, 0.15) is 5.78 Å². The van der Waals surface area contributed by atoms with Gasteiger partial charge in [-0.2, -0.15) is 0 Å². The average Bonchev–Trinajstić information content (AvgIpc) is 2.99. The third kappa shape index (κ3) is 5.53. The van der Waals surface area contributed by atoms with Crippen molar-refractivity contribution in [2.45, 2.75) is 111 Å². The van der Waals surface area contributed by atoms with Gasteiger partial charge in [0.15, 0.2) is 0 Å². The molecular weight excluding hydrogens is 384 g/mol. The molecule has 3 heteroatoms. The topological polar surface area (TPSA) is 57.5 Å². The van der Waals surface area contributed by atoms with Crippen LogP contribution in [-0.2, 0) is 4.79 Å². The van der Waals surface area contributed by atoms with Gasteiger partial charge in [0, 0.05) is 6.42 Å². The molecule has 2 saturated carbocycles. The molecule has 0 unspecified atom stereocenters. The second-order valence-corrected chi connectivity index (χ2v) is 12.0. The van der Waals surface area contributed by atoms with Crippen molar-refractivity contribution in [2.24, 2.45) is 35.0 Å². The Kier molecular flexibility index (Phi) is 7.58. The molecule has 3 aliphatic carbocycles. The first-order chi connectivity index (χ1) is 14.4. The summed E-state index contributed by atoms with van der Waals surface area (Å²) in [5, 5.41) is 20.4. The fourth-order valence-electron chi connectivity index (χ4n) is 7.49. The second-order valence-electron chi connectivity index (χ2n) is 12.0. The van der Waals surface area contributed by atoms with Crippen molar-refractivity contribution >= 4 is 5.78 Å². The lowest BCUT2D eigenvalue weighted by Crippen LogP contribution is -2.43. The van der Waals surface area contributed by atoms with E-state index in [-0.39, 0.29) is 12.2 Å². The van der Waals surface area contributed by atoms with Crippen LogP contribution in [0.1, 0.15) is 99.3 Å². The Balaban J connectivity index is 1.66. The van der Waals surface area contributed by atoms with Crippen LogP contribution in [0.15, 0.2) is 23.3 Å². The molecule has 2 fully saturated rings. The minimum Gasteiger partial charge on any atom is -0.392 e. The van der Waals surface area contributed by atoms with Gasteiger partial charge in [-0.05, 0) is 107 Å². The van der Waals surface area contributed by atoms with Gasteiger partial charge in [0.2, 0.25) is 0 Å². The number of aliphatic hydroxyl groups excluding tert-OH is 1. The van der Waals surface area contributed by atoms with Gasteiger partial charge in [-0.25, -0.2) is 0 Å². The van der Waals surface area contributed by atoms with Crippen LogP contribution in [-0.4, -0.2) is 27.7 Å². The molecule has 3 nitrogen and oxygen atoms in total. The monoisotopic (exact) mass is 430 g/mol. The third-order valence-corrected chi connectivity index (χ3v) is 9.10. The maximum atomic E-state index is 11.4. The van der Waals surface area contributed by atoms with Crippen molar-refractivity contribution in [3.63, 3.8) is 0 Å². The van der Waals surface area contributed by atoms with Crippen LogP contribution >= 0.6 is 0 Å². The summed E-state index contributed by atoms with van der Waals surface area (Å²) in [5.74, 6) is 3.55. The van der Waals surface area contributed by atoms with Crippen LogP contribution in [0.5, 0.6) is 0 Å². The molecule has 176 valence electrons. The Hall–Kier alpha value is -0.930. The quantitative estimate of drug-likeness (QED) is 0.455. The zero-order valence-electron chi connectivity index (χ0n) is 20.8. The number of hydrogen-bond donors (Lipinski definition) is 2. The Labute approximate surface area is 190 Å². The number of aliphatic hydroxyl groups is 2. The summed E-state index contributed by atoms with van der Waals surface area (Å²) < 4.78 is 0. The molecule has 0 heterocycles. The van der Waals surface area contributed by atoms with Crippen LogP contribution in [0, 0.1) is 35.0 Å². The van der Waals surface area contributed by atoms with Crippen molar-refractivity contribution < 1.29 is 15.0 Å². The number of rotatable bonds is 9. The molecule has 0 aromatic rings. The van der Waals surface area contributed by atoms with Gasteiger partial charge >= 0.3 is 0 Å². The normalized spacial score (nSPS) is 35.0. The second kappa shape index (κ2) is 9.51. The molecule has 0 amide bonds. The molecule has 0 spiro atoms. The third-order valence-electron chi connectivity index (χ3n) is 9.10. The molecule has 0 bridgehead atoms. The molecule has 3 rings (SSSR count). The minimum absolute atomic E-state index is 0.0607. The maximum absolute atomic E-state index is 11.4. The highest BCUT2D eigenvalue weighted by Crippen LogP contribution is 2.63. The summed E-state index contributed by atoms with van der Waals surface area (Å²) in [4.78, 5) is 11.4. The maximum Gasteiger partial charge on any atom is 0.132 e. The average molecular weight is 431 g/mol. The molecule has 3 aliphatic rings. The number of allylic oxidation sites excluding steroid dienone is 3. The molecule has 0 aromatic heterocycles. The van der Waals surface area contributed by atoms with E-state index in [0.29, 0.717) is 23.7 Å².